The van der Waals surface area contributed by atoms with Crippen molar-refractivity contribution in [3.63, 3.8) is 0 Å². The molecule has 214 valence electrons. The first-order chi connectivity index (χ1) is 18.7. The van der Waals surface area contributed by atoms with E-state index < -0.39 is 0 Å². The van der Waals surface area contributed by atoms with Crippen LogP contribution in [0, 0.1) is 40.4 Å². The number of nitrogens with zero attached hydrogens (tertiary/aromatic N) is 3. The van der Waals surface area contributed by atoms with Crippen LogP contribution >= 0.6 is 0 Å². The van der Waals surface area contributed by atoms with Gasteiger partial charge in [0.1, 0.15) is 0 Å². The first-order valence-corrected chi connectivity index (χ1v) is 16.0. The van der Waals surface area contributed by atoms with Crippen LogP contribution in [0.4, 0.5) is 5.69 Å². The number of aromatic nitrogens is 1. The fourth-order valence-corrected chi connectivity index (χ4v) is 10.4. The summed E-state index contributed by atoms with van der Waals surface area (Å²) in [7, 11) is 0. The quantitative estimate of drug-likeness (QED) is 0.441. The lowest BCUT2D eigenvalue weighted by atomic mass is 9.47. The lowest BCUT2D eigenvalue weighted by Gasteiger charge is -2.58. The molecule has 4 fully saturated rings. The van der Waals surface area contributed by atoms with Gasteiger partial charge in [0.25, 0.3) is 0 Å². The number of rotatable bonds is 5. The summed E-state index contributed by atoms with van der Waals surface area (Å²) in [5, 5.41) is 10.3. The van der Waals surface area contributed by atoms with E-state index in [-0.39, 0.29) is 12.1 Å². The smallest absolute Gasteiger partial charge is 0.222 e. The van der Waals surface area contributed by atoms with Gasteiger partial charge in [-0.05, 0) is 117 Å². The van der Waals surface area contributed by atoms with Crippen molar-refractivity contribution < 1.29 is 9.90 Å². The molecular formula is C34H51N3O2. The monoisotopic (exact) mass is 533 g/mol. The average Bonchev–Trinajstić information content (AvgIpc) is 3.29. The van der Waals surface area contributed by atoms with Crippen LogP contribution in [0.5, 0.6) is 0 Å². The summed E-state index contributed by atoms with van der Waals surface area (Å²) in [6.45, 7) is 12.4. The fraction of sp³-hybridized carbons (Fsp3) is 0.765. The Morgan fingerprint density at radius 3 is 2.67 bits per heavy atom. The van der Waals surface area contributed by atoms with Crippen molar-refractivity contribution in [2.75, 3.05) is 24.5 Å². The third kappa shape index (κ3) is 4.75. The van der Waals surface area contributed by atoms with E-state index in [0.717, 1.165) is 62.6 Å². The summed E-state index contributed by atoms with van der Waals surface area (Å²) in [5.74, 6) is 4.12. The number of pyridine rings is 1. The molecule has 0 spiro atoms. The van der Waals surface area contributed by atoms with Gasteiger partial charge in [0.2, 0.25) is 5.91 Å². The zero-order chi connectivity index (χ0) is 27.4. The number of hydrogen-bond donors (Lipinski definition) is 1. The van der Waals surface area contributed by atoms with Crippen LogP contribution in [0.15, 0.2) is 36.2 Å². The van der Waals surface area contributed by atoms with E-state index in [4.69, 9.17) is 0 Å². The van der Waals surface area contributed by atoms with Crippen molar-refractivity contribution in [3.05, 3.63) is 36.2 Å². The molecule has 2 heterocycles. The van der Waals surface area contributed by atoms with E-state index in [9.17, 15) is 9.90 Å². The second-order valence-electron chi connectivity index (χ2n) is 14.5. The number of aliphatic hydroxyl groups is 1. The summed E-state index contributed by atoms with van der Waals surface area (Å²) in [4.78, 5) is 22.1. The maximum atomic E-state index is 13.4. The van der Waals surface area contributed by atoms with Crippen molar-refractivity contribution in [2.24, 2.45) is 40.4 Å². The van der Waals surface area contributed by atoms with Crippen molar-refractivity contribution in [3.8, 4) is 0 Å². The number of carbonyl (C=O) groups is 1. The lowest BCUT2D eigenvalue weighted by molar-refractivity contribution is -0.134. The van der Waals surface area contributed by atoms with E-state index in [1.807, 2.05) is 12.4 Å². The number of aliphatic hydroxyl groups excluding tert-OH is 1. The number of anilines is 1. The van der Waals surface area contributed by atoms with Crippen molar-refractivity contribution >= 4 is 11.6 Å². The molecule has 1 aliphatic heterocycles. The van der Waals surface area contributed by atoms with Gasteiger partial charge in [-0.25, -0.2) is 0 Å². The van der Waals surface area contributed by atoms with E-state index in [0.29, 0.717) is 29.1 Å². The Kier molecular flexibility index (Phi) is 7.35. The van der Waals surface area contributed by atoms with E-state index in [1.165, 1.54) is 44.2 Å². The summed E-state index contributed by atoms with van der Waals surface area (Å²) in [6, 6.07) is 4.37. The summed E-state index contributed by atoms with van der Waals surface area (Å²) < 4.78 is 0. The minimum absolute atomic E-state index is 0.123. The molecule has 1 amide bonds. The van der Waals surface area contributed by atoms with Gasteiger partial charge in [-0.1, -0.05) is 32.4 Å². The number of piperazine rings is 1. The molecule has 1 aromatic heterocycles. The Labute approximate surface area is 236 Å². The van der Waals surface area contributed by atoms with Gasteiger partial charge in [-0.15, -0.1) is 0 Å². The van der Waals surface area contributed by atoms with Crippen LogP contribution in [0.3, 0.4) is 0 Å². The lowest BCUT2D eigenvalue weighted by Crippen LogP contribution is -2.54. The van der Waals surface area contributed by atoms with Gasteiger partial charge >= 0.3 is 0 Å². The number of carbonyl (C=O) groups excluding carboxylic acids is 1. The molecule has 9 atom stereocenters. The molecule has 0 bridgehead atoms. The Hall–Kier alpha value is -1.88. The van der Waals surface area contributed by atoms with Crippen LogP contribution < -0.4 is 4.90 Å². The molecule has 1 saturated heterocycles. The SMILES string of the molecule is CC(CCC(=O)N1CCN(c2ccncc2)CC1C)[C@H]1CC[C@H]2[C@@H]3CC=C4C[C@@H](O)CC[C@]4(C)[C@H]3CC[C@]12C. The Balaban J connectivity index is 1.06. The van der Waals surface area contributed by atoms with E-state index in [2.05, 4.69) is 60.7 Å². The third-order valence-electron chi connectivity index (χ3n) is 12.6. The van der Waals surface area contributed by atoms with Crippen LogP contribution in [-0.2, 0) is 4.79 Å². The second-order valence-corrected chi connectivity index (χ2v) is 14.5. The average molecular weight is 534 g/mol. The number of allylic oxidation sites excluding steroid dienone is 1. The predicted octanol–water partition coefficient (Wildman–Crippen LogP) is 6.47. The Morgan fingerprint density at radius 2 is 1.90 bits per heavy atom. The first-order valence-electron chi connectivity index (χ1n) is 16.0. The summed E-state index contributed by atoms with van der Waals surface area (Å²) in [6.07, 6.45) is 17.5. The van der Waals surface area contributed by atoms with Gasteiger partial charge in [0.05, 0.1) is 6.10 Å². The molecule has 6 rings (SSSR count). The fourth-order valence-electron chi connectivity index (χ4n) is 10.4. The highest BCUT2D eigenvalue weighted by molar-refractivity contribution is 5.77. The zero-order valence-electron chi connectivity index (χ0n) is 24.8. The van der Waals surface area contributed by atoms with Crippen LogP contribution in [0.1, 0.15) is 91.9 Å². The largest absolute Gasteiger partial charge is 0.393 e. The van der Waals surface area contributed by atoms with Gasteiger partial charge in [-0.3, -0.25) is 9.78 Å². The zero-order valence-corrected chi connectivity index (χ0v) is 24.8. The molecule has 39 heavy (non-hydrogen) atoms. The maximum Gasteiger partial charge on any atom is 0.222 e. The minimum Gasteiger partial charge on any atom is -0.393 e. The van der Waals surface area contributed by atoms with Gasteiger partial charge in [0.15, 0.2) is 0 Å². The Bertz CT molecular complexity index is 1070. The maximum absolute atomic E-state index is 13.4. The molecule has 5 heteroatoms. The van der Waals surface area contributed by atoms with E-state index in [1.54, 1.807) is 5.57 Å². The number of hydrogen-bond acceptors (Lipinski definition) is 4. The predicted molar refractivity (Wildman–Crippen MR) is 157 cm³/mol. The highest BCUT2D eigenvalue weighted by Gasteiger charge is 2.59. The highest BCUT2D eigenvalue weighted by atomic mass is 16.3. The third-order valence-corrected chi connectivity index (χ3v) is 12.6. The molecular weight excluding hydrogens is 482 g/mol. The van der Waals surface area contributed by atoms with Crippen LogP contribution in [0.2, 0.25) is 0 Å². The number of fused-ring (bicyclic) bond motifs is 5. The van der Waals surface area contributed by atoms with Gasteiger partial charge < -0.3 is 14.9 Å². The molecule has 0 aromatic carbocycles. The van der Waals surface area contributed by atoms with Crippen molar-refractivity contribution in [1.29, 1.82) is 0 Å². The summed E-state index contributed by atoms with van der Waals surface area (Å²) >= 11 is 0. The van der Waals surface area contributed by atoms with Crippen LogP contribution in [-0.4, -0.2) is 52.7 Å². The molecule has 5 nitrogen and oxygen atoms in total. The molecule has 1 aromatic rings. The standard InChI is InChI=1S/C34H51N3O2/c1-23(5-10-32(39)37-20-19-36(22-24(37)2)26-13-17-35-18-14-26)29-8-9-30-28-7-6-25-21-27(38)11-15-33(25,3)31(28)12-16-34(29,30)4/h6,13-14,17-18,23-24,27-31,38H,5,7-12,15-16,19-22H2,1-4H3/t23?,24?,27-,28-,29+,30-,31-,33-,34+/m0/s1. The molecule has 5 aliphatic rings. The van der Waals surface area contributed by atoms with Gasteiger partial charge in [0, 0.05) is 50.2 Å². The van der Waals surface area contributed by atoms with Crippen LogP contribution in [0.25, 0.3) is 0 Å². The number of amides is 1. The van der Waals surface area contributed by atoms with Gasteiger partial charge in [-0.2, -0.15) is 0 Å². The molecule has 2 unspecified atom stereocenters. The molecule has 4 aliphatic carbocycles. The minimum atomic E-state index is -0.123. The van der Waals surface area contributed by atoms with Crippen molar-refractivity contribution in [1.82, 2.24) is 9.88 Å². The topological polar surface area (TPSA) is 56.7 Å². The Morgan fingerprint density at radius 1 is 1.10 bits per heavy atom. The first kappa shape index (κ1) is 27.3. The summed E-state index contributed by atoms with van der Waals surface area (Å²) in [5.41, 5.74) is 3.51. The molecule has 0 radical (unpaired) electrons. The van der Waals surface area contributed by atoms with Crippen molar-refractivity contribution in [2.45, 2.75) is 104 Å². The molecule has 1 N–H and O–H groups in total. The van der Waals surface area contributed by atoms with E-state index >= 15 is 0 Å². The normalized spacial score (nSPS) is 40.8. The molecule has 3 saturated carbocycles. The highest BCUT2D eigenvalue weighted by Crippen LogP contribution is 2.67. The second kappa shape index (κ2) is 10.5.